The SMILES string of the molecule is CC[C@H](NC(=O)N1CCc2ccc([N+](=O)[O-])cc2C1)c1noc(C)n1. The summed E-state index contributed by atoms with van der Waals surface area (Å²) in [4.78, 5) is 28.9. The first-order valence-electron chi connectivity index (χ1n) is 8.09. The fourth-order valence-corrected chi connectivity index (χ4v) is 2.88. The molecule has 1 atom stereocenters. The second kappa shape index (κ2) is 6.88. The van der Waals surface area contributed by atoms with Crippen LogP contribution < -0.4 is 5.32 Å². The largest absolute Gasteiger partial charge is 0.340 e. The van der Waals surface area contributed by atoms with Gasteiger partial charge in [0.05, 0.1) is 11.0 Å². The third-order valence-corrected chi connectivity index (χ3v) is 4.26. The number of fused-ring (bicyclic) bond motifs is 1. The number of aryl methyl sites for hydroxylation is 1. The average molecular weight is 345 g/mol. The Morgan fingerprint density at radius 2 is 2.28 bits per heavy atom. The first-order chi connectivity index (χ1) is 12.0. The van der Waals surface area contributed by atoms with E-state index in [2.05, 4.69) is 15.5 Å². The number of nitro groups is 1. The summed E-state index contributed by atoms with van der Waals surface area (Å²) in [6, 6.07) is 4.22. The Kier molecular flexibility index (Phi) is 4.64. The fraction of sp³-hybridized carbons (Fsp3) is 0.438. The molecule has 0 unspecified atom stereocenters. The number of rotatable bonds is 4. The van der Waals surface area contributed by atoms with Crippen molar-refractivity contribution in [2.75, 3.05) is 6.54 Å². The number of benzene rings is 1. The fourth-order valence-electron chi connectivity index (χ4n) is 2.88. The minimum Gasteiger partial charge on any atom is -0.340 e. The van der Waals surface area contributed by atoms with Crippen LogP contribution in [0.5, 0.6) is 0 Å². The second-order valence-corrected chi connectivity index (χ2v) is 5.96. The molecule has 9 heteroatoms. The van der Waals surface area contributed by atoms with Crippen LogP contribution in [0.2, 0.25) is 0 Å². The van der Waals surface area contributed by atoms with Crippen LogP contribution in [-0.4, -0.2) is 32.5 Å². The molecule has 132 valence electrons. The van der Waals surface area contributed by atoms with Gasteiger partial charge in [-0.3, -0.25) is 10.1 Å². The van der Waals surface area contributed by atoms with Crippen LogP contribution in [0.3, 0.4) is 0 Å². The van der Waals surface area contributed by atoms with Crippen molar-refractivity contribution in [2.24, 2.45) is 0 Å². The van der Waals surface area contributed by atoms with E-state index in [0.717, 1.165) is 11.1 Å². The molecule has 0 radical (unpaired) electrons. The molecule has 0 bridgehead atoms. The summed E-state index contributed by atoms with van der Waals surface area (Å²) in [5.74, 6) is 0.892. The van der Waals surface area contributed by atoms with Crippen molar-refractivity contribution < 1.29 is 14.2 Å². The molecule has 1 aliphatic heterocycles. The van der Waals surface area contributed by atoms with Gasteiger partial charge in [0.1, 0.15) is 0 Å². The van der Waals surface area contributed by atoms with Gasteiger partial charge in [-0.05, 0) is 24.0 Å². The molecule has 1 aliphatic rings. The standard InChI is InChI=1S/C16H19N5O4/c1-3-14(15-17-10(2)25-19-15)18-16(22)20-7-6-11-4-5-13(21(23)24)8-12(11)9-20/h4-5,8,14H,3,6-7,9H2,1-2H3,(H,18,22)/t14-/m0/s1. The smallest absolute Gasteiger partial charge is 0.318 e. The molecule has 0 saturated heterocycles. The van der Waals surface area contributed by atoms with Crippen LogP contribution in [0, 0.1) is 17.0 Å². The summed E-state index contributed by atoms with van der Waals surface area (Å²) in [7, 11) is 0. The van der Waals surface area contributed by atoms with E-state index >= 15 is 0 Å². The third kappa shape index (κ3) is 3.59. The number of urea groups is 1. The lowest BCUT2D eigenvalue weighted by molar-refractivity contribution is -0.385. The molecule has 0 aliphatic carbocycles. The molecule has 2 aromatic rings. The van der Waals surface area contributed by atoms with Gasteiger partial charge >= 0.3 is 6.03 Å². The first-order valence-corrected chi connectivity index (χ1v) is 8.09. The minimum absolute atomic E-state index is 0.0368. The maximum Gasteiger partial charge on any atom is 0.318 e. The van der Waals surface area contributed by atoms with Gasteiger partial charge in [0.25, 0.3) is 5.69 Å². The molecule has 9 nitrogen and oxygen atoms in total. The molecule has 2 amide bonds. The molecule has 1 aromatic carbocycles. The van der Waals surface area contributed by atoms with Crippen LogP contribution in [0.1, 0.15) is 42.2 Å². The molecule has 2 heterocycles. The van der Waals surface area contributed by atoms with E-state index in [1.165, 1.54) is 12.1 Å². The van der Waals surface area contributed by atoms with Crippen molar-refractivity contribution in [3.05, 3.63) is 51.2 Å². The third-order valence-electron chi connectivity index (χ3n) is 4.26. The van der Waals surface area contributed by atoms with Crippen LogP contribution in [-0.2, 0) is 13.0 Å². The number of non-ortho nitro benzene ring substituents is 1. The van der Waals surface area contributed by atoms with E-state index in [-0.39, 0.29) is 17.8 Å². The topological polar surface area (TPSA) is 114 Å². The second-order valence-electron chi connectivity index (χ2n) is 5.96. The van der Waals surface area contributed by atoms with Gasteiger partial charge in [0, 0.05) is 32.1 Å². The van der Waals surface area contributed by atoms with Gasteiger partial charge in [-0.15, -0.1) is 0 Å². The van der Waals surface area contributed by atoms with Crippen molar-refractivity contribution in [1.82, 2.24) is 20.4 Å². The predicted molar refractivity (Wildman–Crippen MR) is 87.8 cm³/mol. The van der Waals surface area contributed by atoms with Crippen LogP contribution in [0.4, 0.5) is 10.5 Å². The number of nitrogens with zero attached hydrogens (tertiary/aromatic N) is 4. The highest BCUT2D eigenvalue weighted by molar-refractivity contribution is 5.75. The zero-order valence-corrected chi connectivity index (χ0v) is 14.1. The zero-order valence-electron chi connectivity index (χ0n) is 14.1. The van der Waals surface area contributed by atoms with Gasteiger partial charge in [0.2, 0.25) is 5.89 Å². The summed E-state index contributed by atoms with van der Waals surface area (Å²) < 4.78 is 4.97. The Morgan fingerprint density at radius 1 is 1.48 bits per heavy atom. The van der Waals surface area contributed by atoms with E-state index in [0.29, 0.717) is 37.6 Å². The lowest BCUT2D eigenvalue weighted by atomic mass is 9.99. The molecule has 0 fully saturated rings. The van der Waals surface area contributed by atoms with E-state index in [1.54, 1.807) is 17.9 Å². The highest BCUT2D eigenvalue weighted by Crippen LogP contribution is 2.24. The summed E-state index contributed by atoms with van der Waals surface area (Å²) in [5.41, 5.74) is 1.88. The van der Waals surface area contributed by atoms with Gasteiger partial charge in [-0.2, -0.15) is 4.98 Å². The number of aromatic nitrogens is 2. The highest BCUT2D eigenvalue weighted by Gasteiger charge is 2.25. The first kappa shape index (κ1) is 16.9. The minimum atomic E-state index is -0.426. The number of nitro benzene ring substituents is 1. The average Bonchev–Trinajstić information content (AvgIpc) is 3.04. The van der Waals surface area contributed by atoms with Crippen LogP contribution >= 0.6 is 0 Å². The van der Waals surface area contributed by atoms with Crippen molar-refractivity contribution in [3.63, 3.8) is 0 Å². The van der Waals surface area contributed by atoms with E-state index in [9.17, 15) is 14.9 Å². The lowest BCUT2D eigenvalue weighted by Crippen LogP contribution is -2.44. The molecule has 1 N–H and O–H groups in total. The summed E-state index contributed by atoms with van der Waals surface area (Å²) in [6.07, 6.45) is 1.29. The van der Waals surface area contributed by atoms with Crippen molar-refractivity contribution in [2.45, 2.75) is 39.3 Å². The molecule has 0 saturated carbocycles. The van der Waals surface area contributed by atoms with Gasteiger partial charge in [-0.25, -0.2) is 4.79 Å². The van der Waals surface area contributed by atoms with E-state index in [4.69, 9.17) is 4.52 Å². The quantitative estimate of drug-likeness (QED) is 0.672. The van der Waals surface area contributed by atoms with Crippen molar-refractivity contribution in [1.29, 1.82) is 0 Å². The lowest BCUT2D eigenvalue weighted by Gasteiger charge is -2.30. The number of nitrogens with one attached hydrogen (secondary N) is 1. The number of hydrogen-bond donors (Lipinski definition) is 1. The normalized spacial score (nSPS) is 14.7. The maximum atomic E-state index is 12.6. The Bertz CT molecular complexity index is 804. The summed E-state index contributed by atoms with van der Waals surface area (Å²) in [5, 5.41) is 17.7. The van der Waals surface area contributed by atoms with E-state index in [1.807, 2.05) is 6.92 Å². The molecular formula is C16H19N5O4. The number of amides is 2. The molecular weight excluding hydrogens is 326 g/mol. The Morgan fingerprint density at radius 3 is 2.92 bits per heavy atom. The zero-order chi connectivity index (χ0) is 18.0. The van der Waals surface area contributed by atoms with Crippen molar-refractivity contribution >= 4 is 11.7 Å². The Balaban J connectivity index is 1.71. The van der Waals surface area contributed by atoms with E-state index < -0.39 is 4.92 Å². The molecule has 1 aromatic heterocycles. The van der Waals surface area contributed by atoms with Gasteiger partial charge in [-0.1, -0.05) is 18.1 Å². The molecule has 0 spiro atoms. The molecule has 3 rings (SSSR count). The monoisotopic (exact) mass is 345 g/mol. The maximum absolute atomic E-state index is 12.6. The summed E-state index contributed by atoms with van der Waals surface area (Å²) in [6.45, 7) is 4.51. The Hall–Kier alpha value is -2.97. The van der Waals surface area contributed by atoms with Crippen LogP contribution in [0.25, 0.3) is 0 Å². The highest BCUT2D eigenvalue weighted by atomic mass is 16.6. The number of carbonyl (C=O) groups excluding carboxylic acids is 1. The number of carbonyl (C=O) groups is 1. The van der Waals surface area contributed by atoms with Crippen LogP contribution in [0.15, 0.2) is 22.7 Å². The van der Waals surface area contributed by atoms with Gasteiger partial charge in [0.15, 0.2) is 5.82 Å². The molecule has 25 heavy (non-hydrogen) atoms. The predicted octanol–water partition coefficient (Wildman–Crippen LogP) is 2.51. The summed E-state index contributed by atoms with van der Waals surface area (Å²) >= 11 is 0. The van der Waals surface area contributed by atoms with Gasteiger partial charge < -0.3 is 14.7 Å². The number of hydrogen-bond acceptors (Lipinski definition) is 6. The Labute approximate surface area is 144 Å². The van der Waals surface area contributed by atoms with Crippen molar-refractivity contribution in [3.8, 4) is 0 Å².